The minimum absolute atomic E-state index is 0.0977. The number of aryl methyl sites for hydroxylation is 1. The molecule has 7 nitrogen and oxygen atoms in total. The lowest BCUT2D eigenvalue weighted by Crippen LogP contribution is -2.38. The number of hydrogen-bond acceptors (Lipinski definition) is 5. The number of aromatic nitrogens is 2. The molecule has 0 bridgehead atoms. The van der Waals surface area contributed by atoms with Crippen molar-refractivity contribution in [3.05, 3.63) is 52.6 Å². The number of amides is 1. The Hall–Kier alpha value is -3.34. The summed E-state index contributed by atoms with van der Waals surface area (Å²) in [5.41, 5.74) is 9.29. The topological polar surface area (TPSA) is 93.5 Å². The van der Waals surface area contributed by atoms with E-state index in [2.05, 4.69) is 14.7 Å². The van der Waals surface area contributed by atoms with Gasteiger partial charge in [-0.15, -0.1) is 13.2 Å². The Kier molecular flexibility index (Phi) is 6.27. The van der Waals surface area contributed by atoms with Gasteiger partial charge in [-0.3, -0.25) is 4.79 Å². The Morgan fingerprint density at radius 1 is 1.22 bits per heavy atom. The van der Waals surface area contributed by atoms with Crippen molar-refractivity contribution >= 4 is 22.6 Å². The van der Waals surface area contributed by atoms with E-state index in [1.807, 2.05) is 0 Å². The molecule has 36 heavy (non-hydrogen) atoms. The molecule has 11 heteroatoms. The lowest BCUT2D eigenvalue weighted by molar-refractivity contribution is -0.274. The highest BCUT2D eigenvalue weighted by Crippen LogP contribution is 2.39. The highest BCUT2D eigenvalue weighted by Gasteiger charge is 2.33. The number of anilines is 1. The normalized spacial score (nSPS) is 18.9. The number of ether oxygens (including phenoxy) is 2. The first kappa shape index (κ1) is 24.4. The van der Waals surface area contributed by atoms with E-state index in [0.717, 1.165) is 48.0 Å². The number of nitrogens with two attached hydrogens (primary N) is 1. The molecule has 1 fully saturated rings. The number of likely N-dealkylation sites (tertiary alicyclic amines) is 1. The summed E-state index contributed by atoms with van der Waals surface area (Å²) < 4.78 is 61.9. The first-order chi connectivity index (χ1) is 17.1. The summed E-state index contributed by atoms with van der Waals surface area (Å²) >= 11 is 0. The van der Waals surface area contributed by atoms with Gasteiger partial charge in [-0.05, 0) is 49.3 Å². The monoisotopic (exact) mass is 506 g/mol. The molecule has 1 atom stereocenters. The molecule has 2 aromatic heterocycles. The van der Waals surface area contributed by atoms with Gasteiger partial charge in [-0.2, -0.15) is 0 Å². The number of benzene rings is 1. The van der Waals surface area contributed by atoms with Gasteiger partial charge in [-0.25, -0.2) is 9.37 Å². The van der Waals surface area contributed by atoms with Gasteiger partial charge >= 0.3 is 6.36 Å². The smallest absolute Gasteiger partial charge is 0.406 e. The maximum Gasteiger partial charge on any atom is 0.573 e. The largest absolute Gasteiger partial charge is 0.573 e. The molecular formula is C25H26F4N4O3. The van der Waals surface area contributed by atoms with Crippen LogP contribution in [-0.4, -0.2) is 53.4 Å². The molecule has 2 aliphatic rings. The molecule has 1 unspecified atom stereocenters. The van der Waals surface area contributed by atoms with Crippen LogP contribution in [0.2, 0.25) is 0 Å². The van der Waals surface area contributed by atoms with Gasteiger partial charge < -0.3 is 25.1 Å². The van der Waals surface area contributed by atoms with Gasteiger partial charge in [0.25, 0.3) is 5.91 Å². The number of halogens is 4. The van der Waals surface area contributed by atoms with Crippen molar-refractivity contribution in [2.45, 2.75) is 50.5 Å². The van der Waals surface area contributed by atoms with Crippen molar-refractivity contribution in [2.24, 2.45) is 0 Å². The Morgan fingerprint density at radius 2 is 1.97 bits per heavy atom. The number of pyridine rings is 1. The minimum Gasteiger partial charge on any atom is -0.406 e. The highest BCUT2D eigenvalue weighted by molar-refractivity contribution is 5.99. The number of fused-ring (bicyclic) bond motifs is 3. The van der Waals surface area contributed by atoms with Crippen LogP contribution in [0.15, 0.2) is 24.4 Å². The predicted molar refractivity (Wildman–Crippen MR) is 124 cm³/mol. The van der Waals surface area contributed by atoms with Gasteiger partial charge in [0.15, 0.2) is 0 Å². The summed E-state index contributed by atoms with van der Waals surface area (Å²) in [6, 6.07) is 3.28. The van der Waals surface area contributed by atoms with Crippen molar-refractivity contribution in [1.82, 2.24) is 14.9 Å². The standard InChI is InChI=1S/C25H26F4N4O3/c1-35-14-2-5-17-20(11-14)32-23-22(17)21(18(26)12-31-23)13-6-8-33(9-7-13)24(34)16-4-3-15(10-19(16)30)36-25(27,28)29/h3-4,10,12-14H,2,5-9,11,30H2,1H3,(H,31,32). The second kappa shape index (κ2) is 9.27. The molecule has 0 spiro atoms. The quantitative estimate of drug-likeness (QED) is 0.395. The van der Waals surface area contributed by atoms with E-state index in [1.54, 1.807) is 12.0 Å². The zero-order chi connectivity index (χ0) is 25.6. The second-order valence-corrected chi connectivity index (χ2v) is 9.29. The van der Waals surface area contributed by atoms with Crippen LogP contribution < -0.4 is 10.5 Å². The number of nitrogens with one attached hydrogen (secondary N) is 1. The average molecular weight is 507 g/mol. The van der Waals surface area contributed by atoms with Crippen molar-refractivity contribution in [3.8, 4) is 5.75 Å². The fourth-order valence-electron chi connectivity index (χ4n) is 5.43. The number of rotatable bonds is 4. The number of carbonyl (C=O) groups is 1. The van der Waals surface area contributed by atoms with Crippen LogP contribution in [0.3, 0.4) is 0 Å². The second-order valence-electron chi connectivity index (χ2n) is 9.29. The maximum atomic E-state index is 15.1. The van der Waals surface area contributed by atoms with Gasteiger partial charge in [0.05, 0.1) is 17.9 Å². The van der Waals surface area contributed by atoms with E-state index < -0.39 is 12.1 Å². The van der Waals surface area contributed by atoms with E-state index in [4.69, 9.17) is 10.5 Å². The number of carbonyl (C=O) groups excluding carboxylic acids is 1. The Balaban J connectivity index is 1.34. The molecule has 1 saturated heterocycles. The van der Waals surface area contributed by atoms with Crippen molar-refractivity contribution in [2.75, 3.05) is 25.9 Å². The van der Waals surface area contributed by atoms with Crippen LogP contribution in [0.1, 0.15) is 52.4 Å². The number of aromatic amines is 1. The first-order valence-electron chi connectivity index (χ1n) is 11.8. The summed E-state index contributed by atoms with van der Waals surface area (Å²) in [6.07, 6.45) is -0.0489. The third kappa shape index (κ3) is 4.59. The predicted octanol–water partition coefficient (Wildman–Crippen LogP) is 4.71. The number of piperidine rings is 1. The van der Waals surface area contributed by atoms with E-state index >= 15 is 4.39 Å². The van der Waals surface area contributed by atoms with E-state index in [1.165, 1.54) is 12.3 Å². The minimum atomic E-state index is -4.85. The Morgan fingerprint density at radius 3 is 2.64 bits per heavy atom. The molecule has 1 aliphatic heterocycles. The van der Waals surface area contributed by atoms with E-state index in [-0.39, 0.29) is 35.0 Å². The van der Waals surface area contributed by atoms with Crippen LogP contribution >= 0.6 is 0 Å². The Labute approximate surface area is 204 Å². The van der Waals surface area contributed by atoms with Crippen LogP contribution in [0.4, 0.5) is 23.2 Å². The fourth-order valence-corrected chi connectivity index (χ4v) is 5.43. The van der Waals surface area contributed by atoms with Crippen molar-refractivity contribution in [1.29, 1.82) is 0 Å². The van der Waals surface area contributed by atoms with Crippen LogP contribution in [-0.2, 0) is 17.6 Å². The summed E-state index contributed by atoms with van der Waals surface area (Å²) in [6.45, 7) is 0.733. The van der Waals surface area contributed by atoms with Gasteiger partial charge in [0.2, 0.25) is 0 Å². The Bertz CT molecular complexity index is 1300. The maximum absolute atomic E-state index is 15.1. The molecule has 192 valence electrons. The lowest BCUT2D eigenvalue weighted by atomic mass is 9.84. The average Bonchev–Trinajstić information content (AvgIpc) is 3.20. The number of alkyl halides is 3. The zero-order valence-electron chi connectivity index (χ0n) is 19.6. The van der Waals surface area contributed by atoms with Gasteiger partial charge in [0, 0.05) is 55.0 Å². The molecule has 1 amide bonds. The molecule has 0 saturated carbocycles. The molecule has 5 rings (SSSR count). The first-order valence-corrected chi connectivity index (χ1v) is 11.8. The summed E-state index contributed by atoms with van der Waals surface area (Å²) in [5, 5.41) is 0.842. The molecule has 1 aromatic carbocycles. The molecule has 3 aromatic rings. The van der Waals surface area contributed by atoms with Crippen molar-refractivity contribution < 1.29 is 31.8 Å². The number of nitrogen functional groups attached to an aromatic ring is 1. The fraction of sp³-hybridized carbons (Fsp3) is 0.440. The van der Waals surface area contributed by atoms with Gasteiger partial charge in [0.1, 0.15) is 17.2 Å². The zero-order valence-corrected chi connectivity index (χ0v) is 19.6. The van der Waals surface area contributed by atoms with Crippen LogP contribution in [0.5, 0.6) is 5.75 Å². The summed E-state index contributed by atoms with van der Waals surface area (Å²) in [4.78, 5) is 22.3. The third-order valence-corrected chi connectivity index (χ3v) is 7.16. The van der Waals surface area contributed by atoms with Gasteiger partial charge in [-0.1, -0.05) is 0 Å². The number of nitrogens with zero attached hydrogens (tertiary/aromatic N) is 2. The summed E-state index contributed by atoms with van der Waals surface area (Å²) in [7, 11) is 1.69. The molecule has 3 heterocycles. The number of methoxy groups -OCH3 is 1. The lowest BCUT2D eigenvalue weighted by Gasteiger charge is -2.33. The SMILES string of the molecule is COC1CCc2c([nH]c3ncc(F)c(C4CCN(C(=O)c5ccc(OC(F)(F)F)cc5N)CC4)c23)C1. The van der Waals surface area contributed by atoms with E-state index in [0.29, 0.717) is 37.1 Å². The molecule has 3 N–H and O–H groups in total. The highest BCUT2D eigenvalue weighted by atomic mass is 19.4. The molecule has 0 radical (unpaired) electrons. The number of hydrogen-bond donors (Lipinski definition) is 2. The molecule has 1 aliphatic carbocycles. The molecular weight excluding hydrogens is 480 g/mol. The van der Waals surface area contributed by atoms with Crippen molar-refractivity contribution in [3.63, 3.8) is 0 Å². The third-order valence-electron chi connectivity index (χ3n) is 7.16. The summed E-state index contributed by atoms with van der Waals surface area (Å²) in [5.74, 6) is -1.32. The van der Waals surface area contributed by atoms with Crippen LogP contribution in [0.25, 0.3) is 11.0 Å². The van der Waals surface area contributed by atoms with Crippen LogP contribution in [0, 0.1) is 5.82 Å². The number of H-pyrrole nitrogens is 1. The van der Waals surface area contributed by atoms with E-state index in [9.17, 15) is 18.0 Å².